The fraction of sp³-hybridized carbons (Fsp3) is 0.533. The van der Waals surface area contributed by atoms with Gasteiger partial charge >= 0.3 is 6.09 Å². The molecule has 0 spiro atoms. The van der Waals surface area contributed by atoms with E-state index in [4.69, 9.17) is 4.74 Å². The van der Waals surface area contributed by atoms with Crippen LogP contribution in [0.15, 0.2) is 18.3 Å². The molecule has 1 amide bonds. The summed E-state index contributed by atoms with van der Waals surface area (Å²) in [5, 5.41) is 2.66. The fourth-order valence-electron chi connectivity index (χ4n) is 1.68. The third-order valence-electron chi connectivity index (χ3n) is 2.54. The Kier molecular flexibility index (Phi) is 5.67. The number of amides is 1. The Labute approximate surface area is 119 Å². The molecule has 0 aliphatic heterocycles. The predicted octanol–water partition coefficient (Wildman–Crippen LogP) is 2.74. The number of nitrogens with zero attached hydrogens (tertiary/aromatic N) is 1. The number of alkyl carbamates (subject to hydrolysis) is 1. The zero-order valence-electron chi connectivity index (χ0n) is 12.5. The summed E-state index contributed by atoms with van der Waals surface area (Å²) in [6.45, 7) is 7.63. The molecule has 0 aliphatic carbocycles. The first-order chi connectivity index (χ1) is 9.33. The quantitative estimate of drug-likeness (QED) is 0.841. The summed E-state index contributed by atoms with van der Waals surface area (Å²) in [6.07, 6.45) is 2.13. The van der Waals surface area contributed by atoms with Gasteiger partial charge in [-0.05, 0) is 32.9 Å². The first-order valence-electron chi connectivity index (χ1n) is 6.77. The zero-order valence-corrected chi connectivity index (χ0v) is 12.5. The van der Waals surface area contributed by atoms with Crippen LogP contribution in [0.25, 0.3) is 0 Å². The van der Waals surface area contributed by atoms with Crippen molar-refractivity contribution in [1.29, 1.82) is 0 Å². The molecule has 0 atom stereocenters. The number of hydrogen-bond donors (Lipinski definition) is 1. The van der Waals surface area contributed by atoms with Crippen LogP contribution < -0.4 is 5.32 Å². The standard InChI is InChI=1S/C15H22N2O3/c1-5-13(18)11-7-6-9-16-12(11)8-10-17-14(19)20-15(2,3)4/h6-7,9H,5,8,10H2,1-4H3,(H,17,19). The van der Waals surface area contributed by atoms with Gasteiger partial charge in [0.25, 0.3) is 0 Å². The van der Waals surface area contributed by atoms with E-state index in [-0.39, 0.29) is 5.78 Å². The van der Waals surface area contributed by atoms with E-state index in [1.165, 1.54) is 0 Å². The van der Waals surface area contributed by atoms with Crippen LogP contribution in [-0.4, -0.2) is 29.0 Å². The molecule has 1 aromatic rings. The fourth-order valence-corrected chi connectivity index (χ4v) is 1.68. The molecule has 1 aromatic heterocycles. The van der Waals surface area contributed by atoms with E-state index in [2.05, 4.69) is 10.3 Å². The SMILES string of the molecule is CCC(=O)c1cccnc1CCNC(=O)OC(C)(C)C. The number of ether oxygens (including phenoxy) is 1. The Morgan fingerprint density at radius 2 is 2.05 bits per heavy atom. The summed E-state index contributed by atoms with van der Waals surface area (Å²) in [7, 11) is 0. The maximum Gasteiger partial charge on any atom is 0.407 e. The topological polar surface area (TPSA) is 68.3 Å². The largest absolute Gasteiger partial charge is 0.444 e. The van der Waals surface area contributed by atoms with Crippen molar-refractivity contribution in [2.75, 3.05) is 6.54 Å². The summed E-state index contributed by atoms with van der Waals surface area (Å²) in [5.74, 6) is 0.0605. The normalized spacial score (nSPS) is 11.0. The highest BCUT2D eigenvalue weighted by atomic mass is 16.6. The number of nitrogens with one attached hydrogen (secondary N) is 1. The Balaban J connectivity index is 2.54. The number of rotatable bonds is 5. The van der Waals surface area contributed by atoms with Crippen molar-refractivity contribution in [2.45, 2.75) is 46.1 Å². The third-order valence-corrected chi connectivity index (χ3v) is 2.54. The number of aromatic nitrogens is 1. The Bertz CT molecular complexity index is 478. The molecule has 5 heteroatoms. The summed E-state index contributed by atoms with van der Waals surface area (Å²) in [4.78, 5) is 27.5. The van der Waals surface area contributed by atoms with Crippen LogP contribution >= 0.6 is 0 Å². The first kappa shape index (κ1) is 16.1. The van der Waals surface area contributed by atoms with E-state index >= 15 is 0 Å². The van der Waals surface area contributed by atoms with Gasteiger partial charge in [0, 0.05) is 31.1 Å². The lowest BCUT2D eigenvalue weighted by Gasteiger charge is -2.19. The van der Waals surface area contributed by atoms with E-state index in [9.17, 15) is 9.59 Å². The number of carbonyl (C=O) groups is 2. The monoisotopic (exact) mass is 278 g/mol. The first-order valence-corrected chi connectivity index (χ1v) is 6.77. The predicted molar refractivity (Wildman–Crippen MR) is 76.8 cm³/mol. The van der Waals surface area contributed by atoms with Crippen LogP contribution in [0, 0.1) is 0 Å². The molecule has 1 heterocycles. The highest BCUT2D eigenvalue weighted by Crippen LogP contribution is 2.09. The number of carbonyl (C=O) groups excluding carboxylic acids is 2. The molecule has 5 nitrogen and oxygen atoms in total. The van der Waals surface area contributed by atoms with Gasteiger partial charge in [-0.25, -0.2) is 4.79 Å². The number of hydrogen-bond acceptors (Lipinski definition) is 4. The zero-order chi connectivity index (χ0) is 15.2. The van der Waals surface area contributed by atoms with Crippen molar-refractivity contribution in [1.82, 2.24) is 10.3 Å². The summed E-state index contributed by atoms with van der Waals surface area (Å²) in [5.41, 5.74) is 0.815. The molecule has 1 rings (SSSR count). The summed E-state index contributed by atoms with van der Waals surface area (Å²) >= 11 is 0. The second-order valence-corrected chi connectivity index (χ2v) is 5.45. The van der Waals surface area contributed by atoms with Crippen molar-refractivity contribution >= 4 is 11.9 Å². The van der Waals surface area contributed by atoms with Crippen molar-refractivity contribution in [2.24, 2.45) is 0 Å². The van der Waals surface area contributed by atoms with Crippen LogP contribution in [0.4, 0.5) is 4.79 Å². The smallest absolute Gasteiger partial charge is 0.407 e. The molecule has 20 heavy (non-hydrogen) atoms. The van der Waals surface area contributed by atoms with Gasteiger partial charge in [-0.3, -0.25) is 9.78 Å². The molecule has 0 unspecified atom stereocenters. The lowest BCUT2D eigenvalue weighted by molar-refractivity contribution is 0.0528. The molecule has 1 N–H and O–H groups in total. The minimum absolute atomic E-state index is 0.0605. The van der Waals surface area contributed by atoms with E-state index in [0.29, 0.717) is 30.6 Å². The molecular formula is C15H22N2O3. The molecule has 0 bridgehead atoms. The molecule has 0 aromatic carbocycles. The van der Waals surface area contributed by atoms with Gasteiger partial charge in [0.05, 0.1) is 5.69 Å². The van der Waals surface area contributed by atoms with Gasteiger partial charge < -0.3 is 10.1 Å². The number of pyridine rings is 1. The van der Waals surface area contributed by atoms with Crippen LogP contribution in [0.1, 0.15) is 50.2 Å². The van der Waals surface area contributed by atoms with Gasteiger partial charge in [0.15, 0.2) is 5.78 Å². The molecule has 110 valence electrons. The van der Waals surface area contributed by atoms with Gasteiger partial charge in [0.1, 0.15) is 5.60 Å². The third kappa shape index (κ3) is 5.38. The van der Waals surface area contributed by atoms with Crippen molar-refractivity contribution < 1.29 is 14.3 Å². The van der Waals surface area contributed by atoms with E-state index in [1.54, 1.807) is 18.3 Å². The Morgan fingerprint density at radius 1 is 1.35 bits per heavy atom. The minimum Gasteiger partial charge on any atom is -0.444 e. The summed E-state index contributed by atoms with van der Waals surface area (Å²) in [6, 6.07) is 3.51. The van der Waals surface area contributed by atoms with Crippen LogP contribution in [-0.2, 0) is 11.2 Å². The Hall–Kier alpha value is -1.91. The lowest BCUT2D eigenvalue weighted by atomic mass is 10.1. The van der Waals surface area contributed by atoms with Gasteiger partial charge in [0.2, 0.25) is 0 Å². The van der Waals surface area contributed by atoms with Gasteiger partial charge in [-0.2, -0.15) is 0 Å². The molecule has 0 fully saturated rings. The van der Waals surface area contributed by atoms with Crippen molar-refractivity contribution in [3.05, 3.63) is 29.6 Å². The van der Waals surface area contributed by atoms with E-state index in [0.717, 1.165) is 0 Å². The van der Waals surface area contributed by atoms with Gasteiger partial charge in [-0.1, -0.05) is 6.92 Å². The Morgan fingerprint density at radius 3 is 2.65 bits per heavy atom. The highest BCUT2D eigenvalue weighted by molar-refractivity contribution is 5.96. The maximum absolute atomic E-state index is 11.8. The molecule has 0 aliphatic rings. The molecule has 0 saturated carbocycles. The molecular weight excluding hydrogens is 256 g/mol. The van der Waals surface area contributed by atoms with Crippen LogP contribution in [0.2, 0.25) is 0 Å². The number of Topliss-reactive ketones (excluding diaryl/α,β-unsaturated/α-hetero) is 1. The van der Waals surface area contributed by atoms with E-state index in [1.807, 2.05) is 27.7 Å². The maximum atomic E-state index is 11.8. The second kappa shape index (κ2) is 7.03. The average Bonchev–Trinajstić information content (AvgIpc) is 2.36. The molecule has 0 saturated heterocycles. The average molecular weight is 278 g/mol. The summed E-state index contributed by atoms with van der Waals surface area (Å²) < 4.78 is 5.14. The van der Waals surface area contributed by atoms with Gasteiger partial charge in [-0.15, -0.1) is 0 Å². The minimum atomic E-state index is -0.515. The van der Waals surface area contributed by atoms with Crippen molar-refractivity contribution in [3.8, 4) is 0 Å². The highest BCUT2D eigenvalue weighted by Gasteiger charge is 2.16. The van der Waals surface area contributed by atoms with E-state index < -0.39 is 11.7 Å². The number of ketones is 1. The van der Waals surface area contributed by atoms with Crippen LogP contribution in [0.5, 0.6) is 0 Å². The van der Waals surface area contributed by atoms with Crippen molar-refractivity contribution in [3.63, 3.8) is 0 Å². The molecule has 0 radical (unpaired) electrons. The van der Waals surface area contributed by atoms with Crippen LogP contribution in [0.3, 0.4) is 0 Å². The lowest BCUT2D eigenvalue weighted by Crippen LogP contribution is -2.33. The second-order valence-electron chi connectivity index (χ2n) is 5.45.